The summed E-state index contributed by atoms with van der Waals surface area (Å²) < 4.78 is 31.4. The number of thioether (sulfide) groups is 1. The van der Waals surface area contributed by atoms with Crippen molar-refractivity contribution in [1.29, 1.82) is 0 Å². The van der Waals surface area contributed by atoms with Crippen LogP contribution >= 0.6 is 11.8 Å². The summed E-state index contributed by atoms with van der Waals surface area (Å²) >= 11 is 1.62. The van der Waals surface area contributed by atoms with E-state index >= 15 is 0 Å². The molecular weight excluding hydrogens is 432 g/mol. The molecule has 0 aliphatic rings. The zero-order valence-electron chi connectivity index (χ0n) is 17.1. The third kappa shape index (κ3) is 7.34. The number of hydrogen-bond acceptors (Lipinski definition) is 5. The Morgan fingerprint density at radius 2 is 1.48 bits per heavy atom. The minimum Gasteiger partial charge on any atom is -0.457 e. The molecule has 6 nitrogen and oxygen atoms in total. The topological polar surface area (TPSA) is 75.7 Å². The zero-order chi connectivity index (χ0) is 22.1. The van der Waals surface area contributed by atoms with Crippen molar-refractivity contribution in [3.05, 3.63) is 84.9 Å². The van der Waals surface area contributed by atoms with Crippen molar-refractivity contribution in [3.8, 4) is 11.5 Å². The van der Waals surface area contributed by atoms with Crippen LogP contribution in [0.2, 0.25) is 0 Å². The van der Waals surface area contributed by atoms with Crippen LogP contribution in [0.3, 0.4) is 0 Å². The number of nitrogens with one attached hydrogen (secondary N) is 1. The van der Waals surface area contributed by atoms with E-state index in [1.165, 1.54) is 0 Å². The summed E-state index contributed by atoms with van der Waals surface area (Å²) in [6.07, 6.45) is 1.08. The van der Waals surface area contributed by atoms with Crippen molar-refractivity contribution >= 4 is 33.4 Å². The van der Waals surface area contributed by atoms with E-state index in [1.807, 2.05) is 60.7 Å². The number of rotatable bonds is 10. The predicted octanol–water partition coefficient (Wildman–Crippen LogP) is 4.15. The first-order valence-corrected chi connectivity index (χ1v) is 12.5. The Morgan fingerprint density at radius 3 is 2.10 bits per heavy atom. The van der Waals surface area contributed by atoms with Crippen molar-refractivity contribution in [2.75, 3.05) is 29.4 Å². The summed E-state index contributed by atoms with van der Waals surface area (Å²) in [4.78, 5) is 13.5. The summed E-state index contributed by atoms with van der Waals surface area (Å²) in [5.41, 5.74) is 0.400. The van der Waals surface area contributed by atoms with Crippen LogP contribution < -0.4 is 14.4 Å². The summed E-state index contributed by atoms with van der Waals surface area (Å²) in [5.74, 6) is 1.60. The lowest BCUT2D eigenvalue weighted by molar-refractivity contribution is -0.119. The van der Waals surface area contributed by atoms with Gasteiger partial charge >= 0.3 is 0 Å². The molecule has 0 aliphatic carbocycles. The second-order valence-electron chi connectivity index (χ2n) is 6.69. The van der Waals surface area contributed by atoms with Gasteiger partial charge in [0.2, 0.25) is 15.9 Å². The molecule has 3 rings (SSSR count). The molecule has 3 aromatic carbocycles. The average Bonchev–Trinajstić information content (AvgIpc) is 2.76. The zero-order valence-corrected chi connectivity index (χ0v) is 18.7. The largest absolute Gasteiger partial charge is 0.457 e. The molecule has 0 atom stereocenters. The Morgan fingerprint density at radius 1 is 0.903 bits per heavy atom. The van der Waals surface area contributed by atoms with Crippen LogP contribution in [-0.2, 0) is 14.8 Å². The lowest BCUT2D eigenvalue weighted by Gasteiger charge is -2.22. The lowest BCUT2D eigenvalue weighted by Crippen LogP contribution is -2.41. The Kier molecular flexibility index (Phi) is 7.97. The summed E-state index contributed by atoms with van der Waals surface area (Å²) in [6.45, 7) is 0.160. The van der Waals surface area contributed by atoms with Gasteiger partial charge in [-0.15, -0.1) is 11.8 Å². The fourth-order valence-electron chi connectivity index (χ4n) is 2.77. The van der Waals surface area contributed by atoms with E-state index in [0.29, 0.717) is 29.5 Å². The molecule has 0 bridgehead atoms. The Bertz CT molecular complexity index is 1070. The summed E-state index contributed by atoms with van der Waals surface area (Å²) in [6, 6.07) is 25.8. The number of nitrogens with zero attached hydrogens (tertiary/aromatic N) is 1. The minimum atomic E-state index is -3.63. The van der Waals surface area contributed by atoms with E-state index in [2.05, 4.69) is 5.32 Å². The van der Waals surface area contributed by atoms with Gasteiger partial charge < -0.3 is 10.1 Å². The van der Waals surface area contributed by atoms with Gasteiger partial charge in [0.1, 0.15) is 18.0 Å². The quantitative estimate of drug-likeness (QED) is 0.366. The van der Waals surface area contributed by atoms with Crippen molar-refractivity contribution in [2.45, 2.75) is 4.90 Å². The van der Waals surface area contributed by atoms with E-state index in [0.717, 1.165) is 15.5 Å². The molecule has 0 heterocycles. The maximum absolute atomic E-state index is 12.3. The molecular formula is C23H24N2O4S2. The molecule has 0 radical (unpaired) electrons. The molecule has 3 aromatic rings. The van der Waals surface area contributed by atoms with E-state index in [-0.39, 0.29) is 12.5 Å². The first kappa shape index (κ1) is 22.7. The first-order valence-electron chi connectivity index (χ1n) is 9.67. The molecule has 31 heavy (non-hydrogen) atoms. The van der Waals surface area contributed by atoms with E-state index in [1.54, 1.807) is 36.0 Å². The Hall–Kier alpha value is -2.97. The highest BCUT2D eigenvalue weighted by molar-refractivity contribution is 7.99. The third-order valence-electron chi connectivity index (χ3n) is 4.23. The summed E-state index contributed by atoms with van der Waals surface area (Å²) in [5, 5.41) is 2.78. The SMILES string of the molecule is CS(=O)(=O)N(CC(=O)NCCSc1ccccc1)c1ccc(Oc2ccccc2)cc1. The molecule has 0 unspecified atom stereocenters. The second kappa shape index (κ2) is 10.9. The van der Waals surface area contributed by atoms with Gasteiger partial charge in [-0.3, -0.25) is 9.10 Å². The van der Waals surface area contributed by atoms with Gasteiger partial charge in [-0.25, -0.2) is 8.42 Å². The van der Waals surface area contributed by atoms with E-state index in [9.17, 15) is 13.2 Å². The van der Waals surface area contributed by atoms with Crippen LogP contribution in [0.5, 0.6) is 11.5 Å². The van der Waals surface area contributed by atoms with Crippen LogP contribution in [0, 0.1) is 0 Å². The van der Waals surface area contributed by atoms with E-state index < -0.39 is 10.0 Å². The van der Waals surface area contributed by atoms with Gasteiger partial charge in [0.05, 0.1) is 11.9 Å². The van der Waals surface area contributed by atoms with Gasteiger partial charge in [0.15, 0.2) is 0 Å². The highest BCUT2D eigenvalue weighted by Gasteiger charge is 2.20. The van der Waals surface area contributed by atoms with Gasteiger partial charge in [-0.2, -0.15) is 0 Å². The molecule has 0 saturated carbocycles. The Labute approximate surface area is 187 Å². The average molecular weight is 457 g/mol. The fraction of sp³-hybridized carbons (Fsp3) is 0.174. The van der Waals surface area contributed by atoms with E-state index in [4.69, 9.17) is 4.74 Å². The molecule has 1 N–H and O–H groups in total. The number of hydrogen-bond donors (Lipinski definition) is 1. The predicted molar refractivity (Wildman–Crippen MR) is 125 cm³/mol. The number of para-hydroxylation sites is 1. The van der Waals surface area contributed by atoms with Crippen LogP contribution in [0.1, 0.15) is 0 Å². The van der Waals surface area contributed by atoms with Crippen molar-refractivity contribution in [2.24, 2.45) is 0 Å². The smallest absolute Gasteiger partial charge is 0.240 e. The number of sulfonamides is 1. The molecule has 0 fully saturated rings. The number of carbonyl (C=O) groups excluding carboxylic acids is 1. The number of amides is 1. The second-order valence-corrected chi connectivity index (χ2v) is 9.77. The molecule has 0 saturated heterocycles. The standard InChI is InChI=1S/C23H24N2O4S2/c1-31(27,28)25(18-23(26)24-16-17-30-22-10-6-3-7-11-22)19-12-14-21(15-13-19)29-20-8-4-2-5-9-20/h2-15H,16-18H2,1H3,(H,24,26). The monoisotopic (exact) mass is 456 g/mol. The number of carbonyl (C=O) groups is 1. The van der Waals surface area contributed by atoms with Crippen molar-refractivity contribution in [1.82, 2.24) is 5.32 Å². The lowest BCUT2D eigenvalue weighted by atomic mass is 10.3. The van der Waals surface area contributed by atoms with Gasteiger partial charge in [-0.05, 0) is 48.5 Å². The minimum absolute atomic E-state index is 0.284. The highest BCUT2D eigenvalue weighted by atomic mass is 32.2. The molecule has 0 aliphatic heterocycles. The summed E-state index contributed by atoms with van der Waals surface area (Å²) in [7, 11) is -3.63. The molecule has 162 valence electrons. The third-order valence-corrected chi connectivity index (χ3v) is 6.38. The van der Waals surface area contributed by atoms with Crippen LogP contribution in [0.25, 0.3) is 0 Å². The maximum atomic E-state index is 12.3. The normalized spacial score (nSPS) is 11.0. The van der Waals surface area contributed by atoms with Gasteiger partial charge in [-0.1, -0.05) is 36.4 Å². The fourth-order valence-corrected chi connectivity index (χ4v) is 4.41. The van der Waals surface area contributed by atoms with Gasteiger partial charge in [0, 0.05) is 17.2 Å². The van der Waals surface area contributed by atoms with Crippen LogP contribution in [0.15, 0.2) is 89.8 Å². The number of benzene rings is 3. The van der Waals surface area contributed by atoms with Crippen molar-refractivity contribution < 1.29 is 17.9 Å². The Balaban J connectivity index is 1.56. The molecule has 0 aromatic heterocycles. The number of anilines is 1. The maximum Gasteiger partial charge on any atom is 0.240 e. The van der Waals surface area contributed by atoms with Crippen molar-refractivity contribution in [3.63, 3.8) is 0 Å². The molecule has 0 spiro atoms. The molecule has 1 amide bonds. The highest BCUT2D eigenvalue weighted by Crippen LogP contribution is 2.25. The van der Waals surface area contributed by atoms with Crippen LogP contribution in [0.4, 0.5) is 5.69 Å². The van der Waals surface area contributed by atoms with Crippen LogP contribution in [-0.4, -0.2) is 39.4 Å². The molecule has 8 heteroatoms. The first-order chi connectivity index (χ1) is 14.9. The number of ether oxygens (including phenoxy) is 1. The van der Waals surface area contributed by atoms with Gasteiger partial charge in [0.25, 0.3) is 0 Å².